The molecule has 0 aliphatic rings. The van der Waals surface area contributed by atoms with Gasteiger partial charge in [-0.1, -0.05) is 6.92 Å². The van der Waals surface area contributed by atoms with Crippen LogP contribution in [0.2, 0.25) is 0 Å². The number of amides is 1. The minimum absolute atomic E-state index is 0.173. The summed E-state index contributed by atoms with van der Waals surface area (Å²) in [4.78, 5) is 15.6. The molecule has 0 atom stereocenters. The molecular weight excluding hydrogens is 363 g/mol. The average molecular weight is 382 g/mol. The molecule has 8 nitrogen and oxygen atoms in total. The first-order valence-electron chi connectivity index (χ1n) is 8.98. The molecule has 0 unspecified atom stereocenters. The summed E-state index contributed by atoms with van der Waals surface area (Å²) in [6, 6.07) is 3.55. The zero-order valence-electron chi connectivity index (χ0n) is 15.7. The van der Waals surface area contributed by atoms with E-state index < -0.39 is 5.82 Å². The van der Waals surface area contributed by atoms with E-state index in [-0.39, 0.29) is 11.7 Å². The fourth-order valence-electron chi connectivity index (χ4n) is 3.33. The number of nitrogens with zero attached hydrogens (tertiary/aromatic N) is 4. The van der Waals surface area contributed by atoms with Crippen molar-refractivity contribution in [2.45, 2.75) is 27.2 Å². The maximum absolute atomic E-state index is 15.2. The lowest BCUT2D eigenvalue weighted by atomic mass is 9.97. The quantitative estimate of drug-likeness (QED) is 0.552. The first kappa shape index (κ1) is 17.9. The van der Waals surface area contributed by atoms with Crippen molar-refractivity contribution in [2.24, 2.45) is 0 Å². The molecule has 0 bridgehead atoms. The summed E-state index contributed by atoms with van der Waals surface area (Å²) < 4.78 is 22.3. The number of halogens is 1. The van der Waals surface area contributed by atoms with Crippen LogP contribution < -0.4 is 10.1 Å². The molecule has 0 saturated heterocycles. The first-order valence-corrected chi connectivity index (χ1v) is 8.98. The highest BCUT2D eigenvalue weighted by Gasteiger charge is 2.23. The third-order valence-electron chi connectivity index (χ3n) is 4.42. The normalized spacial score (nSPS) is 11.3. The van der Waals surface area contributed by atoms with E-state index in [2.05, 4.69) is 25.6 Å². The zero-order chi connectivity index (χ0) is 19.8. The summed E-state index contributed by atoms with van der Waals surface area (Å²) >= 11 is 0. The fraction of sp³-hybridized carbons (Fsp3) is 0.263. The van der Waals surface area contributed by atoms with Gasteiger partial charge >= 0.3 is 0 Å². The number of carbonyl (C=O) groups excluding carboxylic acids is 1. The molecule has 4 aromatic rings. The molecule has 9 heteroatoms. The van der Waals surface area contributed by atoms with Crippen molar-refractivity contribution in [2.75, 3.05) is 11.9 Å². The van der Waals surface area contributed by atoms with Crippen molar-refractivity contribution in [3.8, 4) is 17.0 Å². The third kappa shape index (κ3) is 2.84. The van der Waals surface area contributed by atoms with Crippen LogP contribution in [-0.4, -0.2) is 37.3 Å². The average Bonchev–Trinajstić information content (AvgIpc) is 3.28. The highest BCUT2D eigenvalue weighted by atomic mass is 19.1. The van der Waals surface area contributed by atoms with Crippen LogP contribution >= 0.6 is 0 Å². The molecule has 0 radical (unpaired) electrons. The second-order valence-corrected chi connectivity index (χ2v) is 6.27. The molecule has 144 valence electrons. The van der Waals surface area contributed by atoms with Gasteiger partial charge in [-0.05, 0) is 25.5 Å². The Balaban J connectivity index is 1.94. The zero-order valence-corrected chi connectivity index (χ0v) is 15.7. The summed E-state index contributed by atoms with van der Waals surface area (Å²) in [5.74, 6) is -0.0559. The number of rotatable bonds is 5. The van der Waals surface area contributed by atoms with Gasteiger partial charge in [0, 0.05) is 23.4 Å². The molecule has 0 fully saturated rings. The minimum atomic E-state index is -0.414. The predicted octanol–water partition coefficient (Wildman–Crippen LogP) is 3.33. The van der Waals surface area contributed by atoms with Gasteiger partial charge in [0.25, 0.3) is 0 Å². The number of aromatic amines is 1. The number of carbonyl (C=O) groups is 1. The fourth-order valence-corrected chi connectivity index (χ4v) is 3.33. The van der Waals surface area contributed by atoms with E-state index in [0.29, 0.717) is 46.8 Å². The van der Waals surface area contributed by atoms with Gasteiger partial charge in [-0.3, -0.25) is 9.89 Å². The van der Waals surface area contributed by atoms with Crippen LogP contribution in [-0.2, 0) is 11.2 Å². The molecule has 4 rings (SSSR count). The molecule has 0 aliphatic heterocycles. The maximum atomic E-state index is 15.2. The Kier molecular flexibility index (Phi) is 4.42. The van der Waals surface area contributed by atoms with E-state index in [1.807, 2.05) is 13.8 Å². The Morgan fingerprint density at radius 2 is 2.18 bits per heavy atom. The minimum Gasteiger partial charge on any atom is -0.489 e. The number of benzene rings is 1. The highest BCUT2D eigenvalue weighted by molar-refractivity contribution is 5.99. The topological polar surface area (TPSA) is 97.2 Å². The number of anilines is 1. The number of ether oxygens (including phenoxy) is 1. The van der Waals surface area contributed by atoms with Crippen LogP contribution in [0.3, 0.4) is 0 Å². The van der Waals surface area contributed by atoms with Crippen LogP contribution in [0, 0.1) is 5.82 Å². The van der Waals surface area contributed by atoms with Crippen LogP contribution in [0.1, 0.15) is 26.3 Å². The molecule has 28 heavy (non-hydrogen) atoms. The van der Waals surface area contributed by atoms with Crippen molar-refractivity contribution in [3.63, 3.8) is 0 Å². The van der Waals surface area contributed by atoms with E-state index in [0.717, 1.165) is 5.39 Å². The SMILES string of the molecule is CCOc1c(F)c(CC)c(-c2ccc3nc(NC(C)=O)cn3n2)c2cn[nH]c12. The molecule has 0 saturated carbocycles. The highest BCUT2D eigenvalue weighted by Crippen LogP contribution is 2.39. The van der Waals surface area contributed by atoms with Gasteiger partial charge in [0.2, 0.25) is 5.91 Å². The van der Waals surface area contributed by atoms with Crippen molar-refractivity contribution in [1.29, 1.82) is 0 Å². The molecule has 2 N–H and O–H groups in total. The lowest BCUT2D eigenvalue weighted by Gasteiger charge is -2.15. The van der Waals surface area contributed by atoms with E-state index in [9.17, 15) is 4.79 Å². The van der Waals surface area contributed by atoms with Crippen molar-refractivity contribution in [1.82, 2.24) is 24.8 Å². The van der Waals surface area contributed by atoms with Gasteiger partial charge in [-0.25, -0.2) is 13.9 Å². The monoisotopic (exact) mass is 382 g/mol. The van der Waals surface area contributed by atoms with Crippen LogP contribution in [0.4, 0.5) is 10.2 Å². The summed E-state index contributed by atoms with van der Waals surface area (Å²) in [6.07, 6.45) is 3.72. The van der Waals surface area contributed by atoms with Gasteiger partial charge in [0.1, 0.15) is 5.52 Å². The Hall–Kier alpha value is -3.49. The number of H-pyrrole nitrogens is 1. The number of nitrogens with one attached hydrogen (secondary N) is 2. The number of aromatic nitrogens is 5. The molecule has 0 spiro atoms. The van der Waals surface area contributed by atoms with Crippen molar-refractivity contribution < 1.29 is 13.9 Å². The number of hydrogen-bond acceptors (Lipinski definition) is 5. The Labute approximate surface area is 159 Å². The van der Waals surface area contributed by atoms with Crippen molar-refractivity contribution in [3.05, 3.63) is 35.9 Å². The van der Waals surface area contributed by atoms with Gasteiger partial charge in [-0.2, -0.15) is 10.2 Å². The lowest BCUT2D eigenvalue weighted by molar-refractivity contribution is -0.114. The molecule has 1 aromatic carbocycles. The summed E-state index contributed by atoms with van der Waals surface area (Å²) in [6.45, 7) is 5.45. The summed E-state index contributed by atoms with van der Waals surface area (Å²) in [5.41, 5.74) is 2.80. The number of imidazole rings is 1. The third-order valence-corrected chi connectivity index (χ3v) is 4.42. The smallest absolute Gasteiger partial charge is 0.222 e. The number of fused-ring (bicyclic) bond motifs is 2. The van der Waals surface area contributed by atoms with E-state index in [4.69, 9.17) is 4.74 Å². The van der Waals surface area contributed by atoms with Gasteiger partial charge in [0.15, 0.2) is 23.0 Å². The second kappa shape index (κ2) is 6.91. The molecule has 3 aromatic heterocycles. The Morgan fingerprint density at radius 3 is 2.89 bits per heavy atom. The standard InChI is InChI=1S/C19H19FN6O2/c1-4-11-16(12-8-21-24-18(12)19(17(11)20)28-5-2)13-6-7-15-23-14(22-10(3)27)9-26(15)25-13/h6-9H,4-5H2,1-3H3,(H,21,24)(H,22,27). The second-order valence-electron chi connectivity index (χ2n) is 6.27. The summed E-state index contributed by atoms with van der Waals surface area (Å²) in [7, 11) is 0. The van der Waals surface area contributed by atoms with Crippen LogP contribution in [0.25, 0.3) is 27.8 Å². The van der Waals surface area contributed by atoms with Crippen LogP contribution in [0.5, 0.6) is 5.75 Å². The molecular formula is C19H19FN6O2. The van der Waals surface area contributed by atoms with Crippen molar-refractivity contribution >= 4 is 28.3 Å². The Bertz CT molecular complexity index is 1200. The Morgan fingerprint density at radius 1 is 1.36 bits per heavy atom. The molecule has 1 amide bonds. The molecule has 3 heterocycles. The lowest BCUT2D eigenvalue weighted by Crippen LogP contribution is -2.05. The van der Waals surface area contributed by atoms with Gasteiger partial charge in [-0.15, -0.1) is 0 Å². The maximum Gasteiger partial charge on any atom is 0.222 e. The van der Waals surface area contributed by atoms with E-state index in [1.165, 1.54) is 6.92 Å². The van der Waals surface area contributed by atoms with E-state index in [1.54, 1.807) is 29.0 Å². The number of hydrogen-bond donors (Lipinski definition) is 2. The van der Waals surface area contributed by atoms with E-state index >= 15 is 4.39 Å². The van der Waals surface area contributed by atoms with Gasteiger partial charge in [0.05, 0.1) is 24.7 Å². The molecule has 0 aliphatic carbocycles. The van der Waals surface area contributed by atoms with Crippen LogP contribution in [0.15, 0.2) is 24.5 Å². The first-order chi connectivity index (χ1) is 13.5. The summed E-state index contributed by atoms with van der Waals surface area (Å²) in [5, 5.41) is 14.9. The van der Waals surface area contributed by atoms with Gasteiger partial charge < -0.3 is 10.1 Å². The predicted molar refractivity (Wildman–Crippen MR) is 103 cm³/mol. The largest absolute Gasteiger partial charge is 0.489 e.